The van der Waals surface area contributed by atoms with Gasteiger partial charge in [-0.15, -0.1) is 0 Å². The second-order valence-electron chi connectivity index (χ2n) is 6.61. The van der Waals surface area contributed by atoms with Crippen LogP contribution in [0.15, 0.2) is 12.3 Å². The predicted molar refractivity (Wildman–Crippen MR) is 79.2 cm³/mol. The molecule has 2 heterocycles. The third kappa shape index (κ3) is 4.72. The van der Waals surface area contributed by atoms with Crippen LogP contribution >= 0.6 is 0 Å². The summed E-state index contributed by atoms with van der Waals surface area (Å²) in [5.41, 5.74) is -1.77. The molecule has 5 nitrogen and oxygen atoms in total. The molecule has 2 rings (SSSR count). The molecule has 1 fully saturated rings. The van der Waals surface area contributed by atoms with Gasteiger partial charge in [-0.05, 0) is 33.3 Å². The molecule has 1 aliphatic rings. The van der Waals surface area contributed by atoms with Crippen LogP contribution in [0.1, 0.15) is 32.8 Å². The van der Waals surface area contributed by atoms with Gasteiger partial charge in [-0.3, -0.25) is 0 Å². The zero-order chi connectivity index (χ0) is 18.1. The average molecular weight is 349 g/mol. The fourth-order valence-electron chi connectivity index (χ4n) is 2.36. The molecule has 0 spiro atoms. The van der Waals surface area contributed by atoms with Crippen molar-refractivity contribution in [3.8, 4) is 0 Å². The van der Waals surface area contributed by atoms with Crippen molar-refractivity contribution in [1.29, 1.82) is 0 Å². The van der Waals surface area contributed by atoms with E-state index in [4.69, 9.17) is 4.74 Å². The van der Waals surface area contributed by atoms with Gasteiger partial charge in [0, 0.05) is 19.3 Å². The van der Waals surface area contributed by atoms with Gasteiger partial charge in [0.05, 0.1) is 11.6 Å². The number of amides is 1. The maximum absolute atomic E-state index is 13.9. The summed E-state index contributed by atoms with van der Waals surface area (Å²) in [6, 6.07) is 0.139. The van der Waals surface area contributed by atoms with Crippen LogP contribution in [0.3, 0.4) is 0 Å². The van der Waals surface area contributed by atoms with Crippen molar-refractivity contribution in [3.63, 3.8) is 0 Å². The zero-order valence-electron chi connectivity index (χ0n) is 13.6. The van der Waals surface area contributed by atoms with Crippen LogP contribution in [0.5, 0.6) is 0 Å². The first kappa shape index (κ1) is 18.3. The van der Waals surface area contributed by atoms with Crippen LogP contribution in [0.2, 0.25) is 0 Å². The maximum Gasteiger partial charge on any atom is 0.417 e. The van der Waals surface area contributed by atoms with E-state index in [2.05, 4.69) is 10.3 Å². The Balaban J connectivity index is 2.00. The van der Waals surface area contributed by atoms with E-state index in [9.17, 15) is 22.4 Å². The molecule has 1 unspecified atom stereocenters. The molecule has 1 atom stereocenters. The highest BCUT2D eigenvalue weighted by molar-refractivity contribution is 5.68. The number of ether oxygens (including phenoxy) is 1. The molecule has 1 aromatic rings. The van der Waals surface area contributed by atoms with Gasteiger partial charge in [0.1, 0.15) is 5.60 Å². The Morgan fingerprint density at radius 1 is 1.38 bits per heavy atom. The van der Waals surface area contributed by atoms with E-state index < -0.39 is 29.3 Å². The minimum atomic E-state index is -4.64. The molecule has 0 radical (unpaired) electrons. The number of hydrogen-bond acceptors (Lipinski definition) is 4. The highest BCUT2D eigenvalue weighted by atomic mass is 19.4. The number of anilines is 1. The van der Waals surface area contributed by atoms with Crippen LogP contribution in [0, 0.1) is 5.82 Å². The quantitative estimate of drug-likeness (QED) is 0.832. The van der Waals surface area contributed by atoms with Gasteiger partial charge in [-0.2, -0.15) is 13.2 Å². The normalized spacial score (nSPS) is 18.6. The van der Waals surface area contributed by atoms with Gasteiger partial charge in [-0.1, -0.05) is 0 Å². The smallest absolute Gasteiger partial charge is 0.417 e. The fraction of sp³-hybridized carbons (Fsp3) is 0.600. The fourth-order valence-corrected chi connectivity index (χ4v) is 2.36. The Morgan fingerprint density at radius 3 is 2.58 bits per heavy atom. The number of aromatic nitrogens is 1. The van der Waals surface area contributed by atoms with Gasteiger partial charge in [0.25, 0.3) is 0 Å². The van der Waals surface area contributed by atoms with Crippen LogP contribution < -0.4 is 10.2 Å². The van der Waals surface area contributed by atoms with Crippen molar-refractivity contribution in [3.05, 3.63) is 23.6 Å². The van der Waals surface area contributed by atoms with Crippen molar-refractivity contribution in [2.24, 2.45) is 0 Å². The Kier molecular flexibility index (Phi) is 4.91. The minimum Gasteiger partial charge on any atom is -0.444 e. The molecular weight excluding hydrogens is 330 g/mol. The Bertz CT molecular complexity index is 614. The summed E-state index contributed by atoms with van der Waals surface area (Å²) in [7, 11) is 0. The Hall–Kier alpha value is -2.06. The number of rotatable bonds is 2. The molecule has 1 aliphatic heterocycles. The molecule has 1 saturated heterocycles. The predicted octanol–water partition coefficient (Wildman–Crippen LogP) is 3.34. The van der Waals surface area contributed by atoms with Gasteiger partial charge < -0.3 is 15.0 Å². The summed E-state index contributed by atoms with van der Waals surface area (Å²) in [5, 5.41) is 2.66. The monoisotopic (exact) mass is 349 g/mol. The number of hydrogen-bond donors (Lipinski definition) is 1. The lowest BCUT2D eigenvalue weighted by atomic mass is 10.2. The van der Waals surface area contributed by atoms with E-state index >= 15 is 0 Å². The summed E-state index contributed by atoms with van der Waals surface area (Å²) >= 11 is 0. The van der Waals surface area contributed by atoms with E-state index in [1.165, 1.54) is 4.90 Å². The van der Waals surface area contributed by atoms with Gasteiger partial charge in [0.2, 0.25) is 0 Å². The molecule has 0 aromatic carbocycles. The van der Waals surface area contributed by atoms with E-state index in [1.54, 1.807) is 20.8 Å². The van der Waals surface area contributed by atoms with Crippen LogP contribution in [-0.4, -0.2) is 35.8 Å². The summed E-state index contributed by atoms with van der Waals surface area (Å²) in [5.74, 6) is -1.20. The second kappa shape index (κ2) is 6.45. The molecule has 9 heteroatoms. The third-order valence-electron chi connectivity index (χ3n) is 3.36. The number of pyridine rings is 1. The van der Waals surface area contributed by atoms with Gasteiger partial charge in [-0.25, -0.2) is 14.2 Å². The summed E-state index contributed by atoms with van der Waals surface area (Å²) in [6.45, 7) is 5.81. The van der Waals surface area contributed by atoms with E-state index in [1.807, 2.05) is 0 Å². The standard InChI is InChI=1S/C15H19F4N3O2/c1-14(2,3)24-13(23)21-10-4-5-22(8-10)12-11(16)6-9(7-20-12)15(17,18)19/h6-7,10H,4-5,8H2,1-3H3,(H,21,23). The number of carbonyl (C=O) groups excluding carboxylic acids is 1. The minimum absolute atomic E-state index is 0.156. The second-order valence-corrected chi connectivity index (χ2v) is 6.61. The van der Waals surface area contributed by atoms with Crippen LogP contribution in [0.4, 0.5) is 28.2 Å². The lowest BCUT2D eigenvalue weighted by molar-refractivity contribution is -0.138. The van der Waals surface area contributed by atoms with Crippen molar-refractivity contribution in [1.82, 2.24) is 10.3 Å². The molecule has 1 aromatic heterocycles. The lowest BCUT2D eigenvalue weighted by Gasteiger charge is -2.22. The first-order valence-corrected chi connectivity index (χ1v) is 7.43. The van der Waals surface area contributed by atoms with Gasteiger partial charge >= 0.3 is 12.3 Å². The maximum atomic E-state index is 13.9. The molecule has 134 valence electrons. The summed E-state index contributed by atoms with van der Waals surface area (Å²) in [6.07, 6.45) is -4.11. The number of alkyl carbamates (subject to hydrolysis) is 1. The number of alkyl halides is 3. The Labute approximate surface area is 137 Å². The van der Waals surface area contributed by atoms with Crippen molar-refractivity contribution < 1.29 is 27.1 Å². The number of nitrogens with zero attached hydrogens (tertiary/aromatic N) is 2. The molecule has 1 amide bonds. The first-order chi connectivity index (χ1) is 11.0. The summed E-state index contributed by atoms with van der Waals surface area (Å²) < 4.78 is 56.7. The molecule has 0 aliphatic carbocycles. The zero-order valence-corrected chi connectivity index (χ0v) is 13.6. The lowest BCUT2D eigenvalue weighted by Crippen LogP contribution is -2.40. The molecule has 24 heavy (non-hydrogen) atoms. The average Bonchev–Trinajstić information content (AvgIpc) is 2.83. The van der Waals surface area contributed by atoms with E-state index in [0.717, 1.165) is 0 Å². The Morgan fingerprint density at radius 2 is 2.04 bits per heavy atom. The molecular formula is C15H19F4N3O2. The van der Waals surface area contributed by atoms with E-state index in [0.29, 0.717) is 25.2 Å². The van der Waals surface area contributed by atoms with Crippen molar-refractivity contribution in [2.75, 3.05) is 18.0 Å². The SMILES string of the molecule is CC(C)(C)OC(=O)NC1CCN(c2ncc(C(F)(F)F)cc2F)C1. The number of halogens is 4. The van der Waals surface area contributed by atoms with Crippen LogP contribution in [-0.2, 0) is 10.9 Å². The number of nitrogens with one attached hydrogen (secondary N) is 1. The molecule has 1 N–H and O–H groups in total. The largest absolute Gasteiger partial charge is 0.444 e. The van der Waals surface area contributed by atoms with E-state index in [-0.39, 0.29) is 18.4 Å². The first-order valence-electron chi connectivity index (χ1n) is 7.43. The number of carbonyl (C=O) groups is 1. The topological polar surface area (TPSA) is 54.5 Å². The van der Waals surface area contributed by atoms with Crippen molar-refractivity contribution >= 4 is 11.9 Å². The third-order valence-corrected chi connectivity index (χ3v) is 3.36. The van der Waals surface area contributed by atoms with Gasteiger partial charge in [0.15, 0.2) is 11.6 Å². The highest BCUT2D eigenvalue weighted by Crippen LogP contribution is 2.31. The summed E-state index contributed by atoms with van der Waals surface area (Å²) in [4.78, 5) is 16.8. The highest BCUT2D eigenvalue weighted by Gasteiger charge is 2.33. The molecule has 0 bridgehead atoms. The van der Waals surface area contributed by atoms with Crippen LogP contribution in [0.25, 0.3) is 0 Å². The molecule has 0 saturated carbocycles. The van der Waals surface area contributed by atoms with Crippen molar-refractivity contribution in [2.45, 2.75) is 45.0 Å².